The number of ether oxygens (including phenoxy) is 2. The average molecular weight is 380 g/mol. The zero-order valence-electron chi connectivity index (χ0n) is 14.8. The van der Waals surface area contributed by atoms with E-state index in [2.05, 4.69) is 4.90 Å². The van der Waals surface area contributed by atoms with Crippen molar-refractivity contribution in [1.29, 1.82) is 0 Å². The smallest absolute Gasteiger partial charge is 0.238 e. The van der Waals surface area contributed by atoms with Crippen molar-refractivity contribution in [2.24, 2.45) is 5.14 Å². The van der Waals surface area contributed by atoms with Crippen LogP contribution in [-0.4, -0.2) is 40.1 Å². The van der Waals surface area contributed by atoms with Gasteiger partial charge in [-0.3, -0.25) is 4.90 Å². The van der Waals surface area contributed by atoms with Crippen LogP contribution < -0.4 is 9.88 Å². The second-order valence-electron chi connectivity index (χ2n) is 6.30. The zero-order valence-corrected chi connectivity index (χ0v) is 15.6. The molecule has 1 atom stereocenters. The van der Waals surface area contributed by atoms with Gasteiger partial charge in [0.05, 0.1) is 10.9 Å². The third-order valence-corrected chi connectivity index (χ3v) is 5.39. The predicted molar refractivity (Wildman–Crippen MR) is 96.3 cm³/mol. The van der Waals surface area contributed by atoms with Gasteiger partial charge in [0.25, 0.3) is 0 Å². The van der Waals surface area contributed by atoms with Gasteiger partial charge in [-0.25, -0.2) is 13.6 Å². The van der Waals surface area contributed by atoms with Crippen LogP contribution in [0.1, 0.15) is 30.4 Å². The molecule has 2 aromatic rings. The molecule has 0 radical (unpaired) electrons. The van der Waals surface area contributed by atoms with Gasteiger partial charge in [0.1, 0.15) is 30.5 Å². The normalized spacial score (nSPS) is 18.3. The second kappa shape index (κ2) is 8.22. The Bertz CT molecular complexity index is 816. The highest BCUT2D eigenvalue weighted by Crippen LogP contribution is 2.32. The number of hydrogen-bond acceptors (Lipinski definition) is 6. The molecule has 2 N–H and O–H groups in total. The minimum absolute atomic E-state index is 0.0779. The fourth-order valence-corrected chi connectivity index (χ4v) is 3.73. The summed E-state index contributed by atoms with van der Waals surface area (Å²) in [6.07, 6.45) is 2.18. The van der Waals surface area contributed by atoms with Crippen LogP contribution in [0.25, 0.3) is 0 Å². The molecule has 1 aliphatic heterocycles. The number of benzene rings is 1. The largest absolute Gasteiger partial charge is 0.492 e. The Morgan fingerprint density at radius 1 is 1.23 bits per heavy atom. The van der Waals surface area contributed by atoms with Crippen molar-refractivity contribution >= 4 is 10.0 Å². The minimum Gasteiger partial charge on any atom is -0.492 e. The molecule has 1 aliphatic rings. The summed E-state index contributed by atoms with van der Waals surface area (Å²) in [4.78, 5) is 2.42. The summed E-state index contributed by atoms with van der Waals surface area (Å²) < 4.78 is 39.2. The summed E-state index contributed by atoms with van der Waals surface area (Å²) in [5.41, 5.74) is 0. The molecule has 1 saturated heterocycles. The van der Waals surface area contributed by atoms with Gasteiger partial charge < -0.3 is 13.9 Å². The van der Waals surface area contributed by atoms with Crippen molar-refractivity contribution in [2.45, 2.75) is 30.4 Å². The number of hydrogen-bond donors (Lipinski definition) is 1. The predicted octanol–water partition coefficient (Wildman–Crippen LogP) is 2.29. The lowest BCUT2D eigenvalue weighted by Crippen LogP contribution is -2.28. The van der Waals surface area contributed by atoms with E-state index in [1.54, 1.807) is 19.2 Å². The first-order valence-electron chi connectivity index (χ1n) is 8.54. The Labute approximate surface area is 153 Å². The molecule has 2 heterocycles. The number of furan rings is 1. The summed E-state index contributed by atoms with van der Waals surface area (Å²) in [5.74, 6) is 2.42. The third kappa shape index (κ3) is 4.64. The van der Waals surface area contributed by atoms with Gasteiger partial charge in [0.15, 0.2) is 0 Å². The van der Waals surface area contributed by atoms with E-state index >= 15 is 0 Å². The monoisotopic (exact) mass is 380 g/mol. The molecule has 1 aromatic carbocycles. The third-order valence-electron chi connectivity index (χ3n) is 4.46. The number of nitrogens with zero attached hydrogens (tertiary/aromatic N) is 1. The van der Waals surface area contributed by atoms with E-state index in [1.807, 2.05) is 12.1 Å². The van der Waals surface area contributed by atoms with Gasteiger partial charge in [-0.2, -0.15) is 0 Å². The van der Waals surface area contributed by atoms with Gasteiger partial charge in [-0.1, -0.05) is 0 Å². The van der Waals surface area contributed by atoms with Gasteiger partial charge in [0, 0.05) is 13.7 Å². The number of sulfonamides is 1. The molecule has 1 fully saturated rings. The minimum atomic E-state index is -3.68. The highest BCUT2D eigenvalue weighted by molar-refractivity contribution is 7.89. The number of nitrogens with two attached hydrogens (primary N) is 1. The lowest BCUT2D eigenvalue weighted by atomic mass is 10.2. The van der Waals surface area contributed by atoms with Crippen LogP contribution in [0.5, 0.6) is 5.75 Å². The molecule has 26 heavy (non-hydrogen) atoms. The zero-order chi connectivity index (χ0) is 18.6. The van der Waals surface area contributed by atoms with Crippen molar-refractivity contribution in [3.8, 4) is 5.75 Å². The SMILES string of the molecule is COCc1ccc(C2CCCN2CCOc2ccc(S(N)(=O)=O)cc2)o1. The van der Waals surface area contributed by atoms with Crippen molar-refractivity contribution in [2.75, 3.05) is 26.8 Å². The molecule has 142 valence electrons. The molecule has 1 aromatic heterocycles. The van der Waals surface area contributed by atoms with Crippen molar-refractivity contribution < 1.29 is 22.3 Å². The highest BCUT2D eigenvalue weighted by Gasteiger charge is 2.28. The summed E-state index contributed by atoms with van der Waals surface area (Å²) in [6, 6.07) is 10.4. The van der Waals surface area contributed by atoms with Gasteiger partial charge in [0.2, 0.25) is 10.0 Å². The summed E-state index contributed by atoms with van der Waals surface area (Å²) in [6.45, 7) is 2.75. The van der Waals surface area contributed by atoms with Crippen molar-refractivity contribution in [3.05, 3.63) is 47.9 Å². The maximum absolute atomic E-state index is 11.3. The Balaban J connectivity index is 1.53. The molecular formula is C18H24N2O5S. The first-order valence-corrected chi connectivity index (χ1v) is 10.1. The van der Waals surface area contributed by atoms with Crippen LogP contribution in [0.2, 0.25) is 0 Å². The standard InChI is InChI=1S/C18H24N2O5S/c1-23-13-15-6-9-18(25-15)17-3-2-10-20(17)11-12-24-14-4-7-16(8-5-14)26(19,21)22/h4-9,17H,2-3,10-13H2,1H3,(H2,19,21,22). The molecule has 0 spiro atoms. The molecule has 0 bridgehead atoms. The van der Waals surface area contributed by atoms with Crippen LogP contribution in [0.15, 0.2) is 45.7 Å². The fourth-order valence-electron chi connectivity index (χ4n) is 3.22. The summed E-state index contributed by atoms with van der Waals surface area (Å²) in [5, 5.41) is 5.09. The van der Waals surface area contributed by atoms with Crippen LogP contribution >= 0.6 is 0 Å². The Hall–Kier alpha value is -1.87. The van der Waals surface area contributed by atoms with Crippen LogP contribution in [0, 0.1) is 0 Å². The molecule has 0 aliphatic carbocycles. The van der Waals surface area contributed by atoms with Gasteiger partial charge >= 0.3 is 0 Å². The van der Waals surface area contributed by atoms with Crippen LogP contribution in [-0.2, 0) is 21.4 Å². The fraction of sp³-hybridized carbons (Fsp3) is 0.444. The molecular weight excluding hydrogens is 356 g/mol. The van der Waals surface area contributed by atoms with E-state index in [1.165, 1.54) is 12.1 Å². The Morgan fingerprint density at radius 3 is 2.69 bits per heavy atom. The van der Waals surface area contributed by atoms with Crippen LogP contribution in [0.4, 0.5) is 0 Å². The number of rotatable bonds is 8. The molecule has 0 amide bonds. The Kier molecular flexibility index (Phi) is 5.98. The van der Waals surface area contributed by atoms with Crippen molar-refractivity contribution in [1.82, 2.24) is 4.90 Å². The average Bonchev–Trinajstić information content (AvgIpc) is 3.24. The summed E-state index contributed by atoms with van der Waals surface area (Å²) in [7, 11) is -2.03. The molecule has 1 unspecified atom stereocenters. The molecule has 7 nitrogen and oxygen atoms in total. The van der Waals surface area contributed by atoms with Crippen molar-refractivity contribution in [3.63, 3.8) is 0 Å². The van der Waals surface area contributed by atoms with E-state index in [0.717, 1.165) is 37.5 Å². The first-order chi connectivity index (χ1) is 12.5. The number of methoxy groups -OCH3 is 1. The lowest BCUT2D eigenvalue weighted by molar-refractivity contribution is 0.151. The second-order valence-corrected chi connectivity index (χ2v) is 7.86. The maximum atomic E-state index is 11.3. The first kappa shape index (κ1) is 18.9. The Morgan fingerprint density at radius 2 is 2.00 bits per heavy atom. The maximum Gasteiger partial charge on any atom is 0.238 e. The van der Waals surface area contributed by atoms with E-state index in [9.17, 15) is 8.42 Å². The molecule has 3 rings (SSSR count). The molecule has 0 saturated carbocycles. The lowest BCUT2D eigenvalue weighted by Gasteiger charge is -2.22. The topological polar surface area (TPSA) is 95.0 Å². The van der Waals surface area contributed by atoms with E-state index in [-0.39, 0.29) is 10.9 Å². The number of likely N-dealkylation sites (tertiary alicyclic amines) is 1. The van der Waals surface area contributed by atoms with E-state index in [4.69, 9.17) is 19.0 Å². The number of primary sulfonamides is 1. The van der Waals surface area contributed by atoms with Gasteiger partial charge in [-0.05, 0) is 55.8 Å². The van der Waals surface area contributed by atoms with E-state index in [0.29, 0.717) is 19.0 Å². The van der Waals surface area contributed by atoms with E-state index < -0.39 is 10.0 Å². The highest BCUT2D eigenvalue weighted by atomic mass is 32.2. The molecule has 8 heteroatoms. The quantitative estimate of drug-likeness (QED) is 0.755. The van der Waals surface area contributed by atoms with Gasteiger partial charge in [-0.15, -0.1) is 0 Å². The van der Waals surface area contributed by atoms with Crippen LogP contribution in [0.3, 0.4) is 0 Å². The summed E-state index contributed by atoms with van der Waals surface area (Å²) >= 11 is 0.